The quantitative estimate of drug-likeness (QED) is 0.838. The maximum atomic E-state index is 10.6. The Bertz CT molecular complexity index is 339. The molecule has 4 heteroatoms. The minimum absolute atomic E-state index is 0.246. The van der Waals surface area contributed by atoms with Crippen molar-refractivity contribution in [3.63, 3.8) is 0 Å². The summed E-state index contributed by atoms with van der Waals surface area (Å²) in [6, 6.07) is 5.14. The van der Waals surface area contributed by atoms with Crippen molar-refractivity contribution in [2.45, 2.75) is 19.4 Å². The van der Waals surface area contributed by atoms with Gasteiger partial charge in [-0.25, -0.2) is 0 Å². The molecule has 0 amide bonds. The summed E-state index contributed by atoms with van der Waals surface area (Å²) in [5, 5.41) is 9.30. The fourth-order valence-electron chi connectivity index (χ4n) is 1.01. The summed E-state index contributed by atoms with van der Waals surface area (Å²) in [7, 11) is 0. The molecule has 0 aliphatic heterocycles. The van der Waals surface area contributed by atoms with Gasteiger partial charge in [-0.3, -0.25) is 4.79 Å². The van der Waals surface area contributed by atoms with Crippen molar-refractivity contribution in [2.75, 3.05) is 6.61 Å². The highest BCUT2D eigenvalue weighted by Crippen LogP contribution is 2.21. The molecule has 1 rings (SSSR count). The number of rotatable bonds is 5. The van der Waals surface area contributed by atoms with Crippen molar-refractivity contribution < 1.29 is 14.6 Å². The second-order valence-corrected chi connectivity index (χ2v) is 4.03. The fraction of sp³-hybridized carbons (Fsp3) is 0.364. The summed E-state index contributed by atoms with van der Waals surface area (Å²) in [5.41, 5.74) is 0.540. The van der Waals surface area contributed by atoms with Gasteiger partial charge in [-0.2, -0.15) is 0 Å². The highest BCUT2D eigenvalue weighted by Gasteiger charge is 2.04. The second-order valence-electron chi connectivity index (χ2n) is 3.17. The van der Waals surface area contributed by atoms with Crippen LogP contribution in [0.25, 0.3) is 0 Å². The van der Waals surface area contributed by atoms with Gasteiger partial charge in [-0.15, -0.1) is 0 Å². The number of halogens is 1. The first-order valence-electron chi connectivity index (χ1n) is 4.73. The summed E-state index contributed by atoms with van der Waals surface area (Å²) in [4.78, 5) is 10.6. The zero-order valence-corrected chi connectivity index (χ0v) is 10.0. The molecule has 0 saturated carbocycles. The number of hydrogen-bond acceptors (Lipinski definition) is 3. The van der Waals surface area contributed by atoms with Gasteiger partial charge in [0.25, 0.3) is 0 Å². The predicted octanol–water partition coefficient (Wildman–Crippen LogP) is 2.41. The Labute approximate surface area is 97.2 Å². The van der Waals surface area contributed by atoms with Crippen molar-refractivity contribution in [2.24, 2.45) is 0 Å². The Morgan fingerprint density at radius 3 is 2.93 bits per heavy atom. The van der Waals surface area contributed by atoms with Gasteiger partial charge in [-0.05, 0) is 24.6 Å². The lowest BCUT2D eigenvalue weighted by atomic mass is 10.2. The highest BCUT2D eigenvalue weighted by atomic mass is 79.9. The van der Waals surface area contributed by atoms with E-state index in [0.29, 0.717) is 17.7 Å². The molecule has 0 radical (unpaired) electrons. The third kappa shape index (κ3) is 3.64. The van der Waals surface area contributed by atoms with E-state index >= 15 is 0 Å². The standard InChI is InChI=1S/C11H13BrO3/c1-2-9(14)7-15-10-3-4-11(12)8(5-10)6-13/h3-6,9,14H,2,7H2,1H3. The molecule has 0 aliphatic carbocycles. The Morgan fingerprint density at radius 1 is 1.60 bits per heavy atom. The first-order valence-corrected chi connectivity index (χ1v) is 5.52. The van der Waals surface area contributed by atoms with Gasteiger partial charge < -0.3 is 9.84 Å². The smallest absolute Gasteiger partial charge is 0.151 e. The zero-order chi connectivity index (χ0) is 11.3. The molecule has 1 aromatic carbocycles. The van der Waals surface area contributed by atoms with Crippen LogP contribution in [0.5, 0.6) is 5.75 Å². The Kier molecular flexibility index (Phi) is 4.78. The van der Waals surface area contributed by atoms with E-state index in [2.05, 4.69) is 15.9 Å². The van der Waals surface area contributed by atoms with Gasteiger partial charge in [0.2, 0.25) is 0 Å². The van der Waals surface area contributed by atoms with Crippen LogP contribution in [0.2, 0.25) is 0 Å². The monoisotopic (exact) mass is 272 g/mol. The number of benzene rings is 1. The first-order chi connectivity index (χ1) is 7.17. The van der Waals surface area contributed by atoms with Gasteiger partial charge in [0, 0.05) is 10.0 Å². The molecule has 1 aromatic rings. The van der Waals surface area contributed by atoms with Crippen LogP contribution >= 0.6 is 15.9 Å². The topological polar surface area (TPSA) is 46.5 Å². The molecule has 0 saturated heterocycles. The number of aliphatic hydroxyl groups is 1. The zero-order valence-electron chi connectivity index (χ0n) is 8.44. The number of aldehydes is 1. The first kappa shape index (κ1) is 12.2. The van der Waals surface area contributed by atoms with E-state index in [9.17, 15) is 9.90 Å². The van der Waals surface area contributed by atoms with Crippen LogP contribution in [0.15, 0.2) is 22.7 Å². The third-order valence-electron chi connectivity index (χ3n) is 2.01. The van der Waals surface area contributed by atoms with E-state index in [-0.39, 0.29) is 6.61 Å². The van der Waals surface area contributed by atoms with Crippen LogP contribution in [0.1, 0.15) is 23.7 Å². The van der Waals surface area contributed by atoms with Crippen molar-refractivity contribution in [3.8, 4) is 5.75 Å². The second kappa shape index (κ2) is 5.88. The molecule has 1 atom stereocenters. The third-order valence-corrected chi connectivity index (χ3v) is 2.73. The van der Waals surface area contributed by atoms with Crippen molar-refractivity contribution in [3.05, 3.63) is 28.2 Å². The van der Waals surface area contributed by atoms with Crippen molar-refractivity contribution in [1.29, 1.82) is 0 Å². The molecule has 1 unspecified atom stereocenters. The number of hydrogen-bond donors (Lipinski definition) is 1. The van der Waals surface area contributed by atoms with E-state index < -0.39 is 6.10 Å². The van der Waals surface area contributed by atoms with E-state index in [0.717, 1.165) is 10.8 Å². The largest absolute Gasteiger partial charge is 0.491 e. The SMILES string of the molecule is CCC(O)COc1ccc(Br)c(C=O)c1. The minimum atomic E-state index is -0.465. The molecule has 0 spiro atoms. The molecule has 0 aromatic heterocycles. The summed E-state index contributed by atoms with van der Waals surface area (Å²) >= 11 is 3.25. The molecule has 82 valence electrons. The molecule has 1 N–H and O–H groups in total. The number of carbonyl (C=O) groups excluding carboxylic acids is 1. The lowest BCUT2D eigenvalue weighted by Crippen LogP contribution is -2.16. The summed E-state index contributed by atoms with van der Waals surface area (Å²) in [6.45, 7) is 2.13. The van der Waals surface area contributed by atoms with Crippen molar-refractivity contribution >= 4 is 22.2 Å². The van der Waals surface area contributed by atoms with E-state index in [1.54, 1.807) is 18.2 Å². The van der Waals surface area contributed by atoms with Crippen LogP contribution in [0.3, 0.4) is 0 Å². The highest BCUT2D eigenvalue weighted by molar-refractivity contribution is 9.10. The molecular weight excluding hydrogens is 260 g/mol. The summed E-state index contributed by atoms with van der Waals surface area (Å²) in [6.07, 6.45) is 0.942. The molecule has 3 nitrogen and oxygen atoms in total. The van der Waals surface area contributed by atoms with Gasteiger partial charge >= 0.3 is 0 Å². The van der Waals surface area contributed by atoms with Gasteiger partial charge in [0.15, 0.2) is 6.29 Å². The van der Waals surface area contributed by atoms with Gasteiger partial charge in [0.1, 0.15) is 12.4 Å². The van der Waals surface area contributed by atoms with Crippen LogP contribution in [0, 0.1) is 0 Å². The van der Waals surface area contributed by atoms with Crippen LogP contribution < -0.4 is 4.74 Å². The minimum Gasteiger partial charge on any atom is -0.491 e. The van der Waals surface area contributed by atoms with E-state index in [4.69, 9.17) is 4.74 Å². The summed E-state index contributed by atoms with van der Waals surface area (Å²) < 4.78 is 6.06. The van der Waals surface area contributed by atoms with Crippen molar-refractivity contribution in [1.82, 2.24) is 0 Å². The normalized spacial score (nSPS) is 12.2. The molecule has 0 aliphatic rings. The van der Waals surface area contributed by atoms with Crippen LogP contribution in [-0.4, -0.2) is 24.1 Å². The maximum absolute atomic E-state index is 10.6. The Balaban J connectivity index is 2.66. The Morgan fingerprint density at radius 2 is 2.33 bits per heavy atom. The lowest BCUT2D eigenvalue weighted by Gasteiger charge is -2.10. The van der Waals surface area contributed by atoms with Gasteiger partial charge in [-0.1, -0.05) is 22.9 Å². The van der Waals surface area contributed by atoms with Crippen LogP contribution in [-0.2, 0) is 0 Å². The Hall–Kier alpha value is -0.870. The average Bonchev–Trinajstić information content (AvgIpc) is 2.27. The van der Waals surface area contributed by atoms with Crippen LogP contribution in [0.4, 0.5) is 0 Å². The molecule has 0 bridgehead atoms. The fourth-order valence-corrected chi connectivity index (χ4v) is 1.35. The number of ether oxygens (including phenoxy) is 1. The van der Waals surface area contributed by atoms with Gasteiger partial charge in [0.05, 0.1) is 6.10 Å². The van der Waals surface area contributed by atoms with E-state index in [1.165, 1.54) is 0 Å². The lowest BCUT2D eigenvalue weighted by molar-refractivity contribution is 0.104. The average molecular weight is 273 g/mol. The molecule has 15 heavy (non-hydrogen) atoms. The van der Waals surface area contributed by atoms with E-state index in [1.807, 2.05) is 6.92 Å². The molecule has 0 fully saturated rings. The molecule has 0 heterocycles. The molecular formula is C11H13BrO3. The maximum Gasteiger partial charge on any atom is 0.151 e. The number of carbonyl (C=O) groups is 1. The predicted molar refractivity (Wildman–Crippen MR) is 61.3 cm³/mol. The number of aliphatic hydroxyl groups excluding tert-OH is 1. The summed E-state index contributed by atoms with van der Waals surface area (Å²) in [5.74, 6) is 0.591.